The van der Waals surface area contributed by atoms with E-state index in [0.29, 0.717) is 0 Å². The summed E-state index contributed by atoms with van der Waals surface area (Å²) in [5.41, 5.74) is 13.9. The van der Waals surface area contributed by atoms with Crippen molar-refractivity contribution in [3.8, 4) is 44.5 Å². The molecule has 0 aliphatic heterocycles. The maximum Gasteiger partial charge on any atom is 0.0149 e. The van der Waals surface area contributed by atoms with Crippen LogP contribution in [0.3, 0.4) is 0 Å². The number of rotatable bonds is 6. The van der Waals surface area contributed by atoms with E-state index in [-0.39, 0.29) is 5.41 Å². The first-order valence-corrected chi connectivity index (χ1v) is 21.1. The summed E-state index contributed by atoms with van der Waals surface area (Å²) < 4.78 is 0. The van der Waals surface area contributed by atoms with Crippen molar-refractivity contribution in [1.82, 2.24) is 0 Å². The van der Waals surface area contributed by atoms with Crippen LogP contribution in [0, 0.1) is 6.92 Å². The summed E-state index contributed by atoms with van der Waals surface area (Å²) in [4.78, 5) is 0. The molecule has 0 aliphatic rings. The molecular weight excluding hydrogens is 721 g/mol. The summed E-state index contributed by atoms with van der Waals surface area (Å²) in [6, 6.07) is 78.8. The highest BCUT2D eigenvalue weighted by molar-refractivity contribution is 6.27. The van der Waals surface area contributed by atoms with Gasteiger partial charge in [-0.1, -0.05) is 226 Å². The highest BCUT2D eigenvalue weighted by Crippen LogP contribution is 2.50. The van der Waals surface area contributed by atoms with E-state index in [0.717, 1.165) is 0 Å². The SMILES string of the molecule is Cc1ccccc1C(C)(C)c1cccc(-c2c3ccccc3c(-c3ccc(-c4c5ccccc5c(-c5ccccc5)c5ccccc45)c4ccccc34)c3ccccc23)c1. The summed E-state index contributed by atoms with van der Waals surface area (Å²) in [6.07, 6.45) is 0. The number of fused-ring (bicyclic) bond motifs is 5. The van der Waals surface area contributed by atoms with Crippen molar-refractivity contribution >= 4 is 53.9 Å². The van der Waals surface area contributed by atoms with Gasteiger partial charge in [0.05, 0.1) is 0 Å². The van der Waals surface area contributed by atoms with E-state index in [4.69, 9.17) is 0 Å². The zero-order valence-corrected chi connectivity index (χ0v) is 34.2. The van der Waals surface area contributed by atoms with Gasteiger partial charge in [-0.05, 0) is 122 Å². The second kappa shape index (κ2) is 14.2. The van der Waals surface area contributed by atoms with Crippen molar-refractivity contribution in [2.24, 2.45) is 0 Å². The Labute approximate surface area is 352 Å². The lowest BCUT2D eigenvalue weighted by Gasteiger charge is -2.28. The molecule has 0 radical (unpaired) electrons. The minimum Gasteiger partial charge on any atom is -0.0622 e. The molecule has 284 valence electrons. The van der Waals surface area contributed by atoms with Crippen LogP contribution in [0.15, 0.2) is 212 Å². The Balaban J connectivity index is 1.16. The fourth-order valence-electron chi connectivity index (χ4n) is 10.3. The maximum absolute atomic E-state index is 2.43. The van der Waals surface area contributed by atoms with E-state index < -0.39 is 0 Å². The Morgan fingerprint density at radius 1 is 0.283 bits per heavy atom. The minimum atomic E-state index is -0.161. The van der Waals surface area contributed by atoms with Crippen molar-refractivity contribution in [3.63, 3.8) is 0 Å². The van der Waals surface area contributed by atoms with Gasteiger partial charge in [-0.3, -0.25) is 0 Å². The number of hydrogen-bond donors (Lipinski definition) is 0. The van der Waals surface area contributed by atoms with E-state index in [2.05, 4.69) is 233 Å². The maximum atomic E-state index is 2.43. The van der Waals surface area contributed by atoms with Crippen LogP contribution in [0.1, 0.15) is 30.5 Å². The standard InChI is InChI=1S/C60H44/c1-39-20-7-18-35-55(39)60(2,3)42-24-19-23-41(38-42)57-47-29-12-16-33-51(47)59(52-34-17-13-30-48(52)57)54-37-36-53(43-25-8-9-26-44(43)54)58-49-31-14-10-27-45(49)56(40-21-5-4-6-22-40)46-28-11-15-32-50(46)58/h4-38H,1-3H3. The molecule has 11 aromatic rings. The molecule has 0 bridgehead atoms. The molecule has 11 rings (SSSR count). The van der Waals surface area contributed by atoms with Crippen molar-refractivity contribution < 1.29 is 0 Å². The molecule has 60 heavy (non-hydrogen) atoms. The molecule has 0 heterocycles. The van der Waals surface area contributed by atoms with Gasteiger partial charge in [0.2, 0.25) is 0 Å². The first-order chi connectivity index (χ1) is 29.5. The molecule has 0 saturated carbocycles. The van der Waals surface area contributed by atoms with Gasteiger partial charge in [-0.2, -0.15) is 0 Å². The van der Waals surface area contributed by atoms with Crippen LogP contribution >= 0.6 is 0 Å². The average molecular weight is 765 g/mol. The largest absolute Gasteiger partial charge is 0.0622 e. The third-order valence-corrected chi connectivity index (χ3v) is 13.1. The monoisotopic (exact) mass is 764 g/mol. The summed E-state index contributed by atoms with van der Waals surface area (Å²) >= 11 is 0. The predicted octanol–water partition coefficient (Wildman–Crippen LogP) is 16.8. The quantitative estimate of drug-likeness (QED) is 0.148. The van der Waals surface area contributed by atoms with Crippen LogP contribution in [0.5, 0.6) is 0 Å². The van der Waals surface area contributed by atoms with E-state index >= 15 is 0 Å². The highest BCUT2D eigenvalue weighted by Gasteiger charge is 2.26. The summed E-state index contributed by atoms with van der Waals surface area (Å²) in [5, 5.41) is 12.6. The Hall–Kier alpha value is -7.28. The highest BCUT2D eigenvalue weighted by atomic mass is 14.3. The molecular formula is C60H44. The zero-order valence-electron chi connectivity index (χ0n) is 34.2. The number of aryl methyl sites for hydroxylation is 1. The smallest absolute Gasteiger partial charge is 0.0149 e. The Morgan fingerprint density at radius 3 is 1.08 bits per heavy atom. The van der Waals surface area contributed by atoms with Crippen molar-refractivity contribution in [1.29, 1.82) is 0 Å². The van der Waals surface area contributed by atoms with Crippen molar-refractivity contribution in [2.45, 2.75) is 26.2 Å². The summed E-state index contributed by atoms with van der Waals surface area (Å²) in [7, 11) is 0. The van der Waals surface area contributed by atoms with Crippen molar-refractivity contribution in [3.05, 3.63) is 229 Å². The van der Waals surface area contributed by atoms with E-state index in [1.165, 1.54) is 115 Å². The van der Waals surface area contributed by atoms with Crippen LogP contribution in [-0.2, 0) is 5.41 Å². The Morgan fingerprint density at radius 2 is 0.633 bits per heavy atom. The molecule has 0 unspecified atom stereocenters. The zero-order chi connectivity index (χ0) is 40.4. The second-order valence-electron chi connectivity index (χ2n) is 16.8. The molecule has 11 aromatic carbocycles. The fourth-order valence-corrected chi connectivity index (χ4v) is 10.3. The van der Waals surface area contributed by atoms with Gasteiger partial charge in [0.15, 0.2) is 0 Å². The van der Waals surface area contributed by atoms with E-state index in [1.54, 1.807) is 0 Å². The minimum absolute atomic E-state index is 0.161. The van der Waals surface area contributed by atoms with Gasteiger partial charge in [-0.15, -0.1) is 0 Å². The second-order valence-corrected chi connectivity index (χ2v) is 16.8. The van der Waals surface area contributed by atoms with Crippen LogP contribution in [0.2, 0.25) is 0 Å². The first-order valence-electron chi connectivity index (χ1n) is 21.1. The van der Waals surface area contributed by atoms with E-state index in [9.17, 15) is 0 Å². The molecule has 0 spiro atoms. The van der Waals surface area contributed by atoms with Crippen LogP contribution in [-0.4, -0.2) is 0 Å². The summed E-state index contributed by atoms with van der Waals surface area (Å²) in [5.74, 6) is 0. The van der Waals surface area contributed by atoms with Crippen LogP contribution in [0.4, 0.5) is 0 Å². The molecule has 0 amide bonds. The predicted molar refractivity (Wildman–Crippen MR) is 259 cm³/mol. The number of benzene rings is 11. The Kier molecular flexibility index (Phi) is 8.50. The van der Waals surface area contributed by atoms with Gasteiger partial charge >= 0.3 is 0 Å². The number of hydrogen-bond acceptors (Lipinski definition) is 0. The van der Waals surface area contributed by atoms with Gasteiger partial charge < -0.3 is 0 Å². The molecule has 0 fully saturated rings. The van der Waals surface area contributed by atoms with E-state index in [1.807, 2.05) is 0 Å². The molecule has 0 heteroatoms. The van der Waals surface area contributed by atoms with Crippen LogP contribution < -0.4 is 0 Å². The normalized spacial score (nSPS) is 11.9. The topological polar surface area (TPSA) is 0 Å². The average Bonchev–Trinajstić information content (AvgIpc) is 3.30. The molecule has 0 saturated heterocycles. The molecule has 0 nitrogen and oxygen atoms in total. The lowest BCUT2D eigenvalue weighted by Crippen LogP contribution is -2.20. The lowest BCUT2D eigenvalue weighted by molar-refractivity contribution is 0.636. The van der Waals surface area contributed by atoms with Gasteiger partial charge in [0.1, 0.15) is 0 Å². The van der Waals surface area contributed by atoms with Crippen LogP contribution in [0.25, 0.3) is 98.4 Å². The first kappa shape index (κ1) is 35.8. The molecule has 0 atom stereocenters. The molecule has 0 aromatic heterocycles. The molecule has 0 aliphatic carbocycles. The van der Waals surface area contributed by atoms with Crippen molar-refractivity contribution in [2.75, 3.05) is 0 Å². The molecule has 0 N–H and O–H groups in total. The van der Waals surface area contributed by atoms with Gasteiger partial charge in [-0.25, -0.2) is 0 Å². The third-order valence-electron chi connectivity index (χ3n) is 13.1. The van der Waals surface area contributed by atoms with Gasteiger partial charge in [0, 0.05) is 5.41 Å². The fraction of sp³-hybridized carbons (Fsp3) is 0.0667. The third kappa shape index (κ3) is 5.59. The summed E-state index contributed by atoms with van der Waals surface area (Å²) in [6.45, 7) is 6.93. The van der Waals surface area contributed by atoms with Gasteiger partial charge in [0.25, 0.3) is 0 Å². The Bertz CT molecular complexity index is 3340. The lowest BCUT2D eigenvalue weighted by atomic mass is 9.75.